The molecule has 0 spiro atoms. The van der Waals surface area contributed by atoms with Gasteiger partial charge in [-0.05, 0) is 13.3 Å². The molecule has 0 aliphatic carbocycles. The van der Waals surface area contributed by atoms with E-state index in [1.807, 2.05) is 0 Å². The van der Waals surface area contributed by atoms with Gasteiger partial charge in [0.2, 0.25) is 0 Å². The minimum absolute atomic E-state index is 0.377. The summed E-state index contributed by atoms with van der Waals surface area (Å²) in [7, 11) is 0. The van der Waals surface area contributed by atoms with E-state index in [9.17, 15) is 0 Å². The maximum absolute atomic E-state index is 5.79. The summed E-state index contributed by atoms with van der Waals surface area (Å²) in [5.41, 5.74) is 0. The maximum Gasteiger partial charge on any atom is 0.0307 e. The van der Waals surface area contributed by atoms with Gasteiger partial charge in [0.25, 0.3) is 0 Å². The summed E-state index contributed by atoms with van der Waals surface area (Å²) in [6, 6.07) is 0. The Kier molecular flexibility index (Phi) is 7.61. The molecular formula is C9H19Cl. The van der Waals surface area contributed by atoms with Crippen molar-refractivity contribution in [3.8, 4) is 0 Å². The molecule has 0 fully saturated rings. The Morgan fingerprint density at radius 2 is 1.70 bits per heavy atom. The van der Waals surface area contributed by atoms with Gasteiger partial charge in [-0.15, -0.1) is 11.6 Å². The Morgan fingerprint density at radius 1 is 1.10 bits per heavy atom. The van der Waals surface area contributed by atoms with Crippen molar-refractivity contribution in [3.05, 3.63) is 0 Å². The highest BCUT2D eigenvalue weighted by atomic mass is 35.5. The van der Waals surface area contributed by atoms with Crippen molar-refractivity contribution in [2.45, 2.75) is 57.7 Å². The zero-order valence-corrected chi connectivity index (χ0v) is 7.95. The minimum atomic E-state index is 0.377. The Hall–Kier alpha value is 0.290. The number of halogens is 1. The Labute approximate surface area is 70.0 Å². The van der Waals surface area contributed by atoms with Crippen molar-refractivity contribution < 1.29 is 0 Å². The first-order valence-electron chi connectivity index (χ1n) is 4.41. The molecule has 10 heavy (non-hydrogen) atoms. The van der Waals surface area contributed by atoms with Crippen LogP contribution in [0.2, 0.25) is 0 Å². The predicted octanol–water partition coefficient (Wildman–Crippen LogP) is 3.97. The smallest absolute Gasteiger partial charge is 0.0307 e. The molecular weight excluding hydrogens is 144 g/mol. The number of rotatable bonds is 6. The fourth-order valence-corrected chi connectivity index (χ4v) is 1.18. The Balaban J connectivity index is 2.77. The van der Waals surface area contributed by atoms with Crippen LogP contribution in [0.15, 0.2) is 0 Å². The molecule has 0 aromatic rings. The van der Waals surface area contributed by atoms with Gasteiger partial charge >= 0.3 is 0 Å². The summed E-state index contributed by atoms with van der Waals surface area (Å²) in [6.45, 7) is 4.31. The molecule has 0 nitrogen and oxygen atoms in total. The van der Waals surface area contributed by atoms with Crippen LogP contribution in [0.3, 0.4) is 0 Å². The van der Waals surface area contributed by atoms with Crippen LogP contribution in [-0.4, -0.2) is 5.38 Å². The van der Waals surface area contributed by atoms with Gasteiger partial charge in [-0.25, -0.2) is 0 Å². The Bertz CT molecular complexity index is 59.7. The molecule has 0 heterocycles. The monoisotopic (exact) mass is 162 g/mol. The van der Waals surface area contributed by atoms with Gasteiger partial charge in [-0.1, -0.05) is 39.0 Å². The third-order valence-corrected chi connectivity index (χ3v) is 1.92. The first-order valence-corrected chi connectivity index (χ1v) is 4.85. The van der Waals surface area contributed by atoms with Crippen molar-refractivity contribution in [1.29, 1.82) is 0 Å². The zero-order chi connectivity index (χ0) is 7.82. The lowest BCUT2D eigenvalue weighted by Crippen LogP contribution is -1.89. The van der Waals surface area contributed by atoms with Crippen molar-refractivity contribution in [2.24, 2.45) is 0 Å². The van der Waals surface area contributed by atoms with Crippen LogP contribution >= 0.6 is 11.6 Å². The second-order valence-corrected chi connectivity index (χ2v) is 3.73. The van der Waals surface area contributed by atoms with E-state index in [0.717, 1.165) is 0 Å². The number of hydrogen-bond donors (Lipinski definition) is 0. The second kappa shape index (κ2) is 7.40. The number of hydrogen-bond acceptors (Lipinski definition) is 0. The third kappa shape index (κ3) is 8.29. The largest absolute Gasteiger partial charge is 0.123 e. The average molecular weight is 163 g/mol. The van der Waals surface area contributed by atoms with Gasteiger partial charge in [0.1, 0.15) is 0 Å². The fourth-order valence-electron chi connectivity index (χ4n) is 1.03. The molecule has 0 rings (SSSR count). The van der Waals surface area contributed by atoms with E-state index >= 15 is 0 Å². The molecule has 0 aromatic carbocycles. The molecule has 0 radical (unpaired) electrons. The topological polar surface area (TPSA) is 0 Å². The zero-order valence-electron chi connectivity index (χ0n) is 7.20. The van der Waals surface area contributed by atoms with E-state index < -0.39 is 0 Å². The number of unbranched alkanes of at least 4 members (excludes halogenated alkanes) is 4. The molecule has 1 atom stereocenters. The van der Waals surface area contributed by atoms with Gasteiger partial charge in [-0.2, -0.15) is 0 Å². The molecule has 0 bridgehead atoms. The molecule has 0 aliphatic heterocycles. The first-order chi connectivity index (χ1) is 4.77. The summed E-state index contributed by atoms with van der Waals surface area (Å²) in [5, 5.41) is 0.377. The summed E-state index contributed by atoms with van der Waals surface area (Å²) in [4.78, 5) is 0. The average Bonchev–Trinajstić information content (AvgIpc) is 1.87. The number of alkyl halides is 1. The molecule has 0 saturated carbocycles. The van der Waals surface area contributed by atoms with Crippen LogP contribution in [0.5, 0.6) is 0 Å². The molecule has 0 aromatic heterocycles. The first kappa shape index (κ1) is 10.3. The van der Waals surface area contributed by atoms with Crippen molar-refractivity contribution in [2.75, 3.05) is 0 Å². The summed E-state index contributed by atoms with van der Waals surface area (Å²) >= 11 is 5.79. The van der Waals surface area contributed by atoms with Crippen LogP contribution in [0, 0.1) is 0 Å². The van der Waals surface area contributed by atoms with Crippen molar-refractivity contribution in [1.82, 2.24) is 0 Å². The SMILES string of the molecule is CCCCCCC[C@@H](C)Cl. The molecule has 0 unspecified atom stereocenters. The highest BCUT2D eigenvalue weighted by Gasteiger charge is 1.94. The van der Waals surface area contributed by atoms with Gasteiger partial charge in [0.15, 0.2) is 0 Å². The van der Waals surface area contributed by atoms with Crippen LogP contribution in [0.25, 0.3) is 0 Å². The van der Waals surface area contributed by atoms with E-state index in [4.69, 9.17) is 11.6 Å². The van der Waals surface area contributed by atoms with Crippen LogP contribution in [0.1, 0.15) is 52.4 Å². The van der Waals surface area contributed by atoms with Gasteiger partial charge in [0.05, 0.1) is 0 Å². The summed E-state index contributed by atoms with van der Waals surface area (Å²) in [5.74, 6) is 0. The van der Waals surface area contributed by atoms with E-state index in [1.54, 1.807) is 0 Å². The molecule has 0 saturated heterocycles. The fraction of sp³-hybridized carbons (Fsp3) is 1.00. The van der Waals surface area contributed by atoms with Crippen LogP contribution in [-0.2, 0) is 0 Å². The second-order valence-electron chi connectivity index (χ2n) is 2.98. The lowest BCUT2D eigenvalue weighted by molar-refractivity contribution is 0.604. The highest BCUT2D eigenvalue weighted by Crippen LogP contribution is 2.09. The standard InChI is InChI=1S/C9H19Cl/c1-3-4-5-6-7-8-9(2)10/h9H,3-8H2,1-2H3/t9-/m1/s1. The van der Waals surface area contributed by atoms with E-state index in [-0.39, 0.29) is 0 Å². The van der Waals surface area contributed by atoms with Crippen molar-refractivity contribution in [3.63, 3.8) is 0 Å². The van der Waals surface area contributed by atoms with Gasteiger partial charge < -0.3 is 0 Å². The van der Waals surface area contributed by atoms with Gasteiger partial charge in [0, 0.05) is 5.38 Å². The highest BCUT2D eigenvalue weighted by molar-refractivity contribution is 6.20. The maximum atomic E-state index is 5.79. The summed E-state index contributed by atoms with van der Waals surface area (Å²) in [6.07, 6.45) is 7.97. The molecule has 0 amide bonds. The van der Waals surface area contributed by atoms with E-state index in [1.165, 1.54) is 38.5 Å². The third-order valence-electron chi connectivity index (χ3n) is 1.71. The van der Waals surface area contributed by atoms with E-state index in [2.05, 4.69) is 13.8 Å². The minimum Gasteiger partial charge on any atom is -0.123 e. The van der Waals surface area contributed by atoms with Crippen LogP contribution < -0.4 is 0 Å². The molecule has 0 aliphatic rings. The predicted molar refractivity (Wildman–Crippen MR) is 48.7 cm³/mol. The van der Waals surface area contributed by atoms with E-state index in [0.29, 0.717) is 5.38 Å². The molecule has 62 valence electrons. The van der Waals surface area contributed by atoms with Crippen LogP contribution in [0.4, 0.5) is 0 Å². The molecule has 0 N–H and O–H groups in total. The van der Waals surface area contributed by atoms with Crippen molar-refractivity contribution >= 4 is 11.6 Å². The summed E-state index contributed by atoms with van der Waals surface area (Å²) < 4.78 is 0. The normalized spacial score (nSPS) is 13.5. The molecule has 1 heteroatoms. The Morgan fingerprint density at radius 3 is 2.20 bits per heavy atom. The van der Waals surface area contributed by atoms with Gasteiger partial charge in [-0.3, -0.25) is 0 Å². The lowest BCUT2D eigenvalue weighted by Gasteiger charge is -2.01. The quantitative estimate of drug-likeness (QED) is 0.410. The lowest BCUT2D eigenvalue weighted by atomic mass is 10.1.